The van der Waals surface area contributed by atoms with Gasteiger partial charge >= 0.3 is 5.97 Å². The van der Waals surface area contributed by atoms with Crippen molar-refractivity contribution in [2.45, 2.75) is 45.1 Å². The molecule has 4 heteroatoms. The van der Waals surface area contributed by atoms with E-state index in [1.165, 1.54) is 0 Å². The first-order valence-electron chi connectivity index (χ1n) is 7.23. The lowest BCUT2D eigenvalue weighted by Crippen LogP contribution is -2.54. The van der Waals surface area contributed by atoms with Gasteiger partial charge in [0.05, 0.1) is 5.41 Å². The SMILES string of the molecule is CCC1CN(CC2(C(=O)O)CCCC2)CCN1C. The summed E-state index contributed by atoms with van der Waals surface area (Å²) in [4.78, 5) is 16.4. The summed E-state index contributed by atoms with van der Waals surface area (Å²) in [5, 5.41) is 9.53. The Labute approximate surface area is 110 Å². The van der Waals surface area contributed by atoms with Crippen molar-refractivity contribution < 1.29 is 9.90 Å². The Bertz CT molecular complexity index is 300. The maximum absolute atomic E-state index is 11.6. The summed E-state index contributed by atoms with van der Waals surface area (Å²) in [5.74, 6) is -0.577. The molecule has 1 heterocycles. The molecule has 0 bridgehead atoms. The van der Waals surface area contributed by atoms with E-state index in [-0.39, 0.29) is 0 Å². The van der Waals surface area contributed by atoms with Crippen molar-refractivity contribution in [1.82, 2.24) is 9.80 Å². The van der Waals surface area contributed by atoms with Gasteiger partial charge < -0.3 is 10.0 Å². The summed E-state index contributed by atoms with van der Waals surface area (Å²) >= 11 is 0. The van der Waals surface area contributed by atoms with Crippen molar-refractivity contribution in [2.75, 3.05) is 33.2 Å². The maximum Gasteiger partial charge on any atom is 0.310 e. The van der Waals surface area contributed by atoms with Crippen LogP contribution < -0.4 is 0 Å². The number of carboxylic acids is 1. The van der Waals surface area contributed by atoms with E-state index in [9.17, 15) is 9.90 Å². The van der Waals surface area contributed by atoms with E-state index >= 15 is 0 Å². The van der Waals surface area contributed by atoms with Crippen LogP contribution in [0, 0.1) is 5.41 Å². The molecule has 2 aliphatic rings. The summed E-state index contributed by atoms with van der Waals surface area (Å²) in [6.07, 6.45) is 5.04. The topological polar surface area (TPSA) is 43.8 Å². The molecule has 0 aromatic carbocycles. The standard InChI is InChI=1S/C14H26N2O2/c1-3-12-10-16(9-8-15(12)2)11-14(13(17)18)6-4-5-7-14/h12H,3-11H2,1-2H3,(H,17,18). The van der Waals surface area contributed by atoms with Crippen LogP contribution in [0.1, 0.15) is 39.0 Å². The lowest BCUT2D eigenvalue weighted by molar-refractivity contribution is -0.150. The third kappa shape index (κ3) is 2.69. The van der Waals surface area contributed by atoms with Crippen molar-refractivity contribution in [3.05, 3.63) is 0 Å². The molecule has 2 fully saturated rings. The average molecular weight is 254 g/mol. The van der Waals surface area contributed by atoms with Gasteiger partial charge in [-0.25, -0.2) is 0 Å². The van der Waals surface area contributed by atoms with Crippen molar-refractivity contribution in [2.24, 2.45) is 5.41 Å². The van der Waals surface area contributed by atoms with Crippen molar-refractivity contribution in [1.29, 1.82) is 0 Å². The summed E-state index contributed by atoms with van der Waals surface area (Å²) in [6.45, 7) is 6.08. The fourth-order valence-corrected chi connectivity index (χ4v) is 3.51. The quantitative estimate of drug-likeness (QED) is 0.828. The zero-order chi connectivity index (χ0) is 13.2. The number of aliphatic carboxylic acids is 1. The predicted molar refractivity (Wildman–Crippen MR) is 71.7 cm³/mol. The van der Waals surface area contributed by atoms with E-state index in [0.29, 0.717) is 6.04 Å². The summed E-state index contributed by atoms with van der Waals surface area (Å²) in [6, 6.07) is 0.589. The molecule has 1 aliphatic carbocycles. The van der Waals surface area contributed by atoms with E-state index in [1.807, 2.05) is 0 Å². The first-order valence-corrected chi connectivity index (χ1v) is 7.23. The second-order valence-electron chi connectivity index (χ2n) is 6.07. The third-order valence-corrected chi connectivity index (χ3v) is 4.87. The van der Waals surface area contributed by atoms with Crippen LogP contribution in [0.5, 0.6) is 0 Å². The number of piperazine rings is 1. The van der Waals surface area contributed by atoms with E-state index in [2.05, 4.69) is 23.8 Å². The molecule has 1 saturated heterocycles. The fraction of sp³-hybridized carbons (Fsp3) is 0.929. The minimum absolute atomic E-state index is 0.450. The molecule has 1 saturated carbocycles. The molecule has 2 rings (SSSR count). The van der Waals surface area contributed by atoms with Gasteiger partial charge in [0.25, 0.3) is 0 Å². The highest BCUT2D eigenvalue weighted by Gasteiger charge is 2.43. The van der Waals surface area contributed by atoms with Crippen LogP contribution in [0.2, 0.25) is 0 Å². The highest BCUT2D eigenvalue weighted by atomic mass is 16.4. The molecule has 0 aromatic heterocycles. The number of rotatable bonds is 4. The first-order chi connectivity index (χ1) is 8.57. The Morgan fingerprint density at radius 1 is 1.33 bits per heavy atom. The Morgan fingerprint density at radius 2 is 2.00 bits per heavy atom. The molecule has 4 nitrogen and oxygen atoms in total. The van der Waals surface area contributed by atoms with Crippen LogP contribution in [0.4, 0.5) is 0 Å². The van der Waals surface area contributed by atoms with Gasteiger partial charge in [0.15, 0.2) is 0 Å². The number of nitrogens with zero attached hydrogens (tertiary/aromatic N) is 2. The van der Waals surface area contributed by atoms with E-state index < -0.39 is 11.4 Å². The number of hydrogen-bond donors (Lipinski definition) is 1. The molecule has 0 aromatic rings. The van der Waals surface area contributed by atoms with E-state index in [1.54, 1.807) is 0 Å². The maximum atomic E-state index is 11.6. The second-order valence-corrected chi connectivity index (χ2v) is 6.07. The summed E-state index contributed by atoms with van der Waals surface area (Å²) in [5.41, 5.74) is -0.450. The monoisotopic (exact) mass is 254 g/mol. The number of likely N-dealkylation sites (N-methyl/N-ethyl adjacent to an activating group) is 1. The van der Waals surface area contributed by atoms with Gasteiger partial charge in [-0.2, -0.15) is 0 Å². The number of hydrogen-bond acceptors (Lipinski definition) is 3. The van der Waals surface area contributed by atoms with Crippen LogP contribution in [0.3, 0.4) is 0 Å². The van der Waals surface area contributed by atoms with Gasteiger partial charge in [-0.3, -0.25) is 9.69 Å². The zero-order valence-electron chi connectivity index (χ0n) is 11.7. The molecule has 0 spiro atoms. The number of carboxylic acid groups (broad SMARTS) is 1. The lowest BCUT2D eigenvalue weighted by atomic mass is 9.85. The average Bonchev–Trinajstić information content (AvgIpc) is 2.81. The third-order valence-electron chi connectivity index (χ3n) is 4.87. The summed E-state index contributed by atoms with van der Waals surface area (Å²) < 4.78 is 0. The van der Waals surface area contributed by atoms with Crippen LogP contribution in [0.15, 0.2) is 0 Å². The molecule has 0 amide bonds. The van der Waals surface area contributed by atoms with Gasteiger partial charge in [-0.15, -0.1) is 0 Å². The Balaban J connectivity index is 1.98. The Hall–Kier alpha value is -0.610. The van der Waals surface area contributed by atoms with Crippen LogP contribution in [0.25, 0.3) is 0 Å². The fourth-order valence-electron chi connectivity index (χ4n) is 3.51. The van der Waals surface area contributed by atoms with Crippen molar-refractivity contribution in [3.63, 3.8) is 0 Å². The first kappa shape index (κ1) is 13.8. The molecule has 1 N–H and O–H groups in total. The van der Waals surface area contributed by atoms with Gasteiger partial charge in [-0.1, -0.05) is 19.8 Å². The smallest absolute Gasteiger partial charge is 0.310 e. The second kappa shape index (κ2) is 5.57. The number of carbonyl (C=O) groups is 1. The summed E-state index contributed by atoms with van der Waals surface area (Å²) in [7, 11) is 2.17. The normalized spacial score (nSPS) is 29.6. The Morgan fingerprint density at radius 3 is 2.56 bits per heavy atom. The highest BCUT2D eigenvalue weighted by Crippen LogP contribution is 2.39. The van der Waals surface area contributed by atoms with Crippen molar-refractivity contribution in [3.8, 4) is 0 Å². The molecule has 0 radical (unpaired) electrons. The van der Waals surface area contributed by atoms with Crippen LogP contribution in [-0.2, 0) is 4.79 Å². The zero-order valence-corrected chi connectivity index (χ0v) is 11.7. The molecule has 18 heavy (non-hydrogen) atoms. The minimum atomic E-state index is -0.577. The van der Waals surface area contributed by atoms with E-state index in [4.69, 9.17) is 0 Å². The molecular weight excluding hydrogens is 228 g/mol. The largest absolute Gasteiger partial charge is 0.481 e. The van der Waals surface area contributed by atoms with Crippen molar-refractivity contribution >= 4 is 5.97 Å². The van der Waals surface area contributed by atoms with Gasteiger partial charge in [0.2, 0.25) is 0 Å². The molecule has 1 unspecified atom stereocenters. The lowest BCUT2D eigenvalue weighted by Gasteiger charge is -2.42. The van der Waals surface area contributed by atoms with Gasteiger partial charge in [0.1, 0.15) is 0 Å². The molecular formula is C14H26N2O2. The minimum Gasteiger partial charge on any atom is -0.481 e. The molecule has 1 atom stereocenters. The van der Waals surface area contributed by atoms with Gasteiger partial charge in [0, 0.05) is 32.2 Å². The Kier molecular flexibility index (Phi) is 4.28. The molecule has 1 aliphatic heterocycles. The van der Waals surface area contributed by atoms with Crippen LogP contribution >= 0.6 is 0 Å². The highest BCUT2D eigenvalue weighted by molar-refractivity contribution is 5.75. The molecule has 104 valence electrons. The van der Waals surface area contributed by atoms with Crippen LogP contribution in [-0.4, -0.2) is 60.1 Å². The predicted octanol–water partition coefficient (Wildman–Crippen LogP) is 1.66. The van der Waals surface area contributed by atoms with E-state index in [0.717, 1.165) is 58.3 Å². The van der Waals surface area contributed by atoms with Gasteiger partial charge in [-0.05, 0) is 26.3 Å².